The van der Waals surface area contributed by atoms with Crippen LogP contribution in [-0.2, 0) is 5.41 Å². The van der Waals surface area contributed by atoms with Crippen LogP contribution >= 0.6 is 11.3 Å². The molecule has 2 heteroatoms. The maximum atomic E-state index is 11.9. The fourth-order valence-corrected chi connectivity index (χ4v) is 2.42. The summed E-state index contributed by atoms with van der Waals surface area (Å²) in [6, 6.07) is 4.06. The number of ketones is 1. The first-order valence-corrected chi connectivity index (χ1v) is 6.32. The van der Waals surface area contributed by atoms with E-state index in [4.69, 9.17) is 0 Å². The Morgan fingerprint density at radius 2 is 2.00 bits per heavy atom. The van der Waals surface area contributed by atoms with E-state index in [1.54, 1.807) is 11.3 Å². The van der Waals surface area contributed by atoms with Gasteiger partial charge in [-0.15, -0.1) is 11.3 Å². The molecular weight excluding hydrogens is 204 g/mol. The van der Waals surface area contributed by atoms with E-state index in [9.17, 15) is 4.79 Å². The molecule has 15 heavy (non-hydrogen) atoms. The van der Waals surface area contributed by atoms with Crippen molar-refractivity contribution in [1.82, 2.24) is 0 Å². The highest BCUT2D eigenvalue weighted by Crippen LogP contribution is 2.30. The van der Waals surface area contributed by atoms with Crippen LogP contribution in [-0.4, -0.2) is 5.78 Å². The van der Waals surface area contributed by atoms with Gasteiger partial charge in [0, 0.05) is 10.8 Å². The maximum Gasteiger partial charge on any atom is 0.175 e. The molecule has 1 heterocycles. The second-order valence-electron chi connectivity index (χ2n) is 5.09. The summed E-state index contributed by atoms with van der Waals surface area (Å²) in [5, 5.41) is 0. The number of hydrogen-bond donors (Lipinski definition) is 0. The molecule has 0 N–H and O–H groups in total. The third kappa shape index (κ3) is 2.91. The number of hydrogen-bond acceptors (Lipinski definition) is 2. The van der Waals surface area contributed by atoms with Crippen molar-refractivity contribution in [3.63, 3.8) is 0 Å². The minimum atomic E-state index is 0.150. The van der Waals surface area contributed by atoms with Crippen LogP contribution in [0, 0.1) is 5.92 Å². The van der Waals surface area contributed by atoms with Crippen LogP contribution in [0.2, 0.25) is 0 Å². The van der Waals surface area contributed by atoms with Crippen LogP contribution in [0.4, 0.5) is 0 Å². The number of rotatable bonds is 3. The summed E-state index contributed by atoms with van der Waals surface area (Å²) in [6.45, 7) is 10.6. The number of thiophene rings is 1. The van der Waals surface area contributed by atoms with Crippen molar-refractivity contribution in [3.05, 3.63) is 21.9 Å². The third-order valence-corrected chi connectivity index (χ3v) is 4.17. The Labute approximate surface area is 96.5 Å². The molecule has 0 aliphatic heterocycles. The van der Waals surface area contributed by atoms with Gasteiger partial charge in [-0.05, 0) is 24.0 Å². The van der Waals surface area contributed by atoms with E-state index in [2.05, 4.69) is 33.8 Å². The van der Waals surface area contributed by atoms with Crippen molar-refractivity contribution in [2.75, 3.05) is 0 Å². The first kappa shape index (κ1) is 12.4. The molecule has 0 radical (unpaired) electrons. The molecule has 0 saturated heterocycles. The molecule has 1 aromatic heterocycles. The van der Waals surface area contributed by atoms with Crippen molar-refractivity contribution in [2.24, 2.45) is 5.92 Å². The van der Waals surface area contributed by atoms with Gasteiger partial charge in [0.1, 0.15) is 0 Å². The SMILES string of the molecule is CCC(C)C(=O)c1ccc(C(C)(C)C)s1. The van der Waals surface area contributed by atoms with Crippen molar-refractivity contribution in [2.45, 2.75) is 46.5 Å². The molecule has 0 aromatic carbocycles. The zero-order valence-corrected chi connectivity index (χ0v) is 11.1. The molecule has 1 unspecified atom stereocenters. The van der Waals surface area contributed by atoms with E-state index in [1.165, 1.54) is 4.88 Å². The van der Waals surface area contributed by atoms with Gasteiger partial charge < -0.3 is 0 Å². The molecule has 0 bridgehead atoms. The predicted octanol–water partition coefficient (Wildman–Crippen LogP) is 4.27. The molecule has 0 spiro atoms. The summed E-state index contributed by atoms with van der Waals surface area (Å²) in [5.41, 5.74) is 0.151. The van der Waals surface area contributed by atoms with Crippen LogP contribution in [0.3, 0.4) is 0 Å². The smallest absolute Gasteiger partial charge is 0.175 e. The highest BCUT2D eigenvalue weighted by Gasteiger charge is 2.20. The summed E-state index contributed by atoms with van der Waals surface area (Å²) < 4.78 is 0. The van der Waals surface area contributed by atoms with Gasteiger partial charge in [-0.3, -0.25) is 4.79 Å². The molecule has 0 aliphatic carbocycles. The second-order valence-corrected chi connectivity index (χ2v) is 6.17. The van der Waals surface area contributed by atoms with Crippen molar-refractivity contribution in [3.8, 4) is 0 Å². The normalized spacial score (nSPS) is 13.9. The molecule has 0 saturated carbocycles. The van der Waals surface area contributed by atoms with Gasteiger partial charge in [-0.1, -0.05) is 34.6 Å². The lowest BCUT2D eigenvalue weighted by molar-refractivity contribution is 0.0931. The molecule has 84 valence electrons. The summed E-state index contributed by atoms with van der Waals surface area (Å²) in [7, 11) is 0. The topological polar surface area (TPSA) is 17.1 Å². The van der Waals surface area contributed by atoms with Crippen LogP contribution in [0.25, 0.3) is 0 Å². The van der Waals surface area contributed by atoms with Gasteiger partial charge in [0.05, 0.1) is 4.88 Å². The Hall–Kier alpha value is -0.630. The molecule has 1 rings (SSSR count). The maximum absolute atomic E-state index is 11.9. The van der Waals surface area contributed by atoms with E-state index < -0.39 is 0 Å². The van der Waals surface area contributed by atoms with Gasteiger partial charge in [-0.2, -0.15) is 0 Å². The van der Waals surface area contributed by atoms with Crippen molar-refractivity contribution < 1.29 is 4.79 Å². The van der Waals surface area contributed by atoms with E-state index in [1.807, 2.05) is 13.0 Å². The van der Waals surface area contributed by atoms with Gasteiger partial charge in [0.15, 0.2) is 5.78 Å². The summed E-state index contributed by atoms with van der Waals surface area (Å²) >= 11 is 1.64. The van der Waals surface area contributed by atoms with E-state index in [-0.39, 0.29) is 17.1 Å². The lowest BCUT2D eigenvalue weighted by Crippen LogP contribution is -2.09. The van der Waals surface area contributed by atoms with Crippen LogP contribution in [0.1, 0.15) is 55.6 Å². The predicted molar refractivity (Wildman–Crippen MR) is 66.8 cm³/mol. The van der Waals surface area contributed by atoms with Crippen LogP contribution < -0.4 is 0 Å². The Kier molecular flexibility index (Phi) is 3.72. The highest BCUT2D eigenvalue weighted by molar-refractivity contribution is 7.14. The first-order valence-electron chi connectivity index (χ1n) is 5.50. The first-order chi connectivity index (χ1) is 6.86. The Morgan fingerprint density at radius 3 is 2.40 bits per heavy atom. The average Bonchev–Trinajstić information content (AvgIpc) is 2.63. The van der Waals surface area contributed by atoms with Gasteiger partial charge in [0.25, 0.3) is 0 Å². The summed E-state index contributed by atoms with van der Waals surface area (Å²) in [6.07, 6.45) is 0.918. The van der Waals surface area contributed by atoms with Crippen LogP contribution in [0.15, 0.2) is 12.1 Å². The zero-order chi connectivity index (χ0) is 11.6. The zero-order valence-electron chi connectivity index (χ0n) is 10.3. The monoisotopic (exact) mass is 224 g/mol. The Bertz CT molecular complexity index is 344. The molecule has 0 fully saturated rings. The summed E-state index contributed by atoms with van der Waals surface area (Å²) in [4.78, 5) is 14.1. The lowest BCUT2D eigenvalue weighted by Gasteiger charge is -2.15. The molecule has 0 aliphatic rings. The van der Waals surface area contributed by atoms with E-state index in [0.717, 1.165) is 11.3 Å². The van der Waals surface area contributed by atoms with Gasteiger partial charge in [-0.25, -0.2) is 0 Å². The standard InChI is InChI=1S/C13H20OS/c1-6-9(2)12(14)10-7-8-11(15-10)13(3,4)5/h7-9H,6H2,1-5H3. The Balaban J connectivity index is 2.90. The lowest BCUT2D eigenvalue weighted by atomic mass is 9.95. The van der Waals surface area contributed by atoms with Crippen LogP contribution in [0.5, 0.6) is 0 Å². The fourth-order valence-electron chi connectivity index (χ4n) is 1.30. The number of Topliss-reactive ketones (excluding diaryl/α,β-unsaturated/α-hetero) is 1. The molecule has 1 nitrogen and oxygen atoms in total. The average molecular weight is 224 g/mol. The second kappa shape index (κ2) is 4.48. The van der Waals surface area contributed by atoms with E-state index >= 15 is 0 Å². The van der Waals surface area contributed by atoms with Gasteiger partial charge in [0.2, 0.25) is 0 Å². The number of carbonyl (C=O) groups is 1. The van der Waals surface area contributed by atoms with Crippen molar-refractivity contribution >= 4 is 17.1 Å². The highest BCUT2D eigenvalue weighted by atomic mass is 32.1. The van der Waals surface area contributed by atoms with Gasteiger partial charge >= 0.3 is 0 Å². The minimum absolute atomic E-state index is 0.150. The quantitative estimate of drug-likeness (QED) is 0.701. The minimum Gasteiger partial charge on any atom is -0.293 e. The fraction of sp³-hybridized carbons (Fsp3) is 0.615. The summed E-state index contributed by atoms with van der Waals surface area (Å²) in [5.74, 6) is 0.439. The van der Waals surface area contributed by atoms with E-state index in [0.29, 0.717) is 0 Å². The molecule has 1 aromatic rings. The largest absolute Gasteiger partial charge is 0.293 e. The number of carbonyl (C=O) groups excluding carboxylic acids is 1. The molecular formula is C13H20OS. The van der Waals surface area contributed by atoms with Crippen molar-refractivity contribution in [1.29, 1.82) is 0 Å². The molecule has 0 amide bonds. The Morgan fingerprint density at radius 1 is 1.40 bits per heavy atom. The molecule has 1 atom stereocenters. The third-order valence-electron chi connectivity index (χ3n) is 2.65.